The van der Waals surface area contributed by atoms with Gasteiger partial charge in [-0.1, -0.05) is 0 Å². The third kappa shape index (κ3) is 2.91. The van der Waals surface area contributed by atoms with E-state index in [0.717, 1.165) is 15.8 Å². The minimum Gasteiger partial charge on any atom is -0.496 e. The summed E-state index contributed by atoms with van der Waals surface area (Å²) in [5, 5.41) is 13.0. The summed E-state index contributed by atoms with van der Waals surface area (Å²) in [5.41, 5.74) is 1.65. The SMILES string of the molecule is CNCC(O)c1cc(OC)c(C)c(Br)c1OC. The Kier molecular flexibility index (Phi) is 5.24. The average Bonchev–Trinajstić information content (AvgIpc) is 2.32. The molecule has 1 unspecified atom stereocenters. The Hall–Kier alpha value is -0.780. The van der Waals surface area contributed by atoms with Crippen molar-refractivity contribution < 1.29 is 14.6 Å². The second-order valence-corrected chi connectivity index (χ2v) is 4.51. The molecule has 1 aromatic carbocycles. The molecule has 1 rings (SSSR count). The molecule has 0 aliphatic carbocycles. The van der Waals surface area contributed by atoms with Crippen LogP contribution in [-0.4, -0.2) is 32.9 Å². The lowest BCUT2D eigenvalue weighted by Crippen LogP contribution is -2.17. The van der Waals surface area contributed by atoms with E-state index in [1.54, 1.807) is 27.3 Å². The summed E-state index contributed by atoms with van der Waals surface area (Å²) in [6, 6.07) is 1.81. The van der Waals surface area contributed by atoms with Crippen molar-refractivity contribution in [2.24, 2.45) is 0 Å². The molecule has 0 saturated heterocycles. The van der Waals surface area contributed by atoms with Crippen molar-refractivity contribution in [3.63, 3.8) is 0 Å². The molecule has 4 nitrogen and oxygen atoms in total. The maximum Gasteiger partial charge on any atom is 0.139 e. The van der Waals surface area contributed by atoms with Crippen LogP contribution >= 0.6 is 15.9 Å². The van der Waals surface area contributed by atoms with Gasteiger partial charge in [0, 0.05) is 17.7 Å². The molecule has 0 radical (unpaired) electrons. The van der Waals surface area contributed by atoms with Gasteiger partial charge in [0.05, 0.1) is 24.8 Å². The molecule has 0 spiro atoms. The van der Waals surface area contributed by atoms with Gasteiger partial charge in [-0.2, -0.15) is 0 Å². The highest BCUT2D eigenvalue weighted by Crippen LogP contribution is 2.40. The van der Waals surface area contributed by atoms with Crippen molar-refractivity contribution in [1.29, 1.82) is 0 Å². The quantitative estimate of drug-likeness (QED) is 0.874. The third-order valence-corrected chi connectivity index (χ3v) is 3.58. The number of rotatable bonds is 5. The van der Waals surface area contributed by atoms with Crippen LogP contribution in [0.3, 0.4) is 0 Å². The molecule has 0 aliphatic rings. The van der Waals surface area contributed by atoms with E-state index in [2.05, 4.69) is 21.2 Å². The Morgan fingerprint density at radius 1 is 1.41 bits per heavy atom. The zero-order valence-corrected chi connectivity index (χ0v) is 12.1. The second kappa shape index (κ2) is 6.23. The highest BCUT2D eigenvalue weighted by atomic mass is 79.9. The Balaban J connectivity index is 3.31. The molecule has 5 heteroatoms. The Morgan fingerprint density at radius 3 is 2.53 bits per heavy atom. The standard InChI is InChI=1S/C12H18BrNO3/c1-7-10(16-3)5-8(9(15)6-14-2)12(17-4)11(7)13/h5,9,14-15H,6H2,1-4H3. The van der Waals surface area contributed by atoms with Gasteiger partial charge >= 0.3 is 0 Å². The van der Waals surface area contributed by atoms with Gasteiger partial charge < -0.3 is 19.9 Å². The fraction of sp³-hybridized carbons (Fsp3) is 0.500. The smallest absolute Gasteiger partial charge is 0.139 e. The van der Waals surface area contributed by atoms with Crippen LogP contribution in [-0.2, 0) is 0 Å². The molecule has 1 aromatic rings. The molecule has 0 saturated carbocycles. The molecule has 0 amide bonds. The molecule has 1 atom stereocenters. The summed E-state index contributed by atoms with van der Waals surface area (Å²) in [6.45, 7) is 2.38. The summed E-state index contributed by atoms with van der Waals surface area (Å²) in [7, 11) is 4.98. The lowest BCUT2D eigenvalue weighted by atomic mass is 10.0. The molecule has 0 aliphatic heterocycles. The highest BCUT2D eigenvalue weighted by molar-refractivity contribution is 9.10. The van der Waals surface area contributed by atoms with Crippen molar-refractivity contribution in [1.82, 2.24) is 5.32 Å². The molecular weight excluding hydrogens is 286 g/mol. The molecule has 2 N–H and O–H groups in total. The van der Waals surface area contributed by atoms with Gasteiger partial charge in [0.2, 0.25) is 0 Å². The van der Waals surface area contributed by atoms with E-state index in [-0.39, 0.29) is 0 Å². The predicted molar refractivity (Wildman–Crippen MR) is 70.9 cm³/mol. The van der Waals surface area contributed by atoms with Crippen LogP contribution in [0.1, 0.15) is 17.2 Å². The van der Waals surface area contributed by atoms with E-state index in [1.165, 1.54) is 0 Å². The van der Waals surface area contributed by atoms with Crippen LogP contribution in [0.5, 0.6) is 11.5 Å². The maximum absolute atomic E-state index is 10.0. The van der Waals surface area contributed by atoms with Gasteiger partial charge in [-0.15, -0.1) is 0 Å². The van der Waals surface area contributed by atoms with Gasteiger partial charge in [0.25, 0.3) is 0 Å². The van der Waals surface area contributed by atoms with Crippen molar-refractivity contribution in [3.05, 3.63) is 21.7 Å². The number of methoxy groups -OCH3 is 2. The van der Waals surface area contributed by atoms with Gasteiger partial charge in [-0.3, -0.25) is 0 Å². The monoisotopic (exact) mass is 303 g/mol. The number of aliphatic hydroxyl groups excluding tert-OH is 1. The van der Waals surface area contributed by atoms with E-state index >= 15 is 0 Å². The molecule has 0 aromatic heterocycles. The summed E-state index contributed by atoms with van der Waals surface area (Å²) < 4.78 is 11.4. The maximum atomic E-state index is 10.0. The van der Waals surface area contributed by atoms with Gasteiger partial charge in [0.1, 0.15) is 11.5 Å². The number of halogens is 1. The van der Waals surface area contributed by atoms with Gasteiger partial charge in [-0.05, 0) is 36.0 Å². The summed E-state index contributed by atoms with van der Waals surface area (Å²) in [5.74, 6) is 1.37. The zero-order chi connectivity index (χ0) is 13.0. The van der Waals surface area contributed by atoms with E-state index in [9.17, 15) is 5.11 Å². The lowest BCUT2D eigenvalue weighted by molar-refractivity contribution is 0.172. The fourth-order valence-corrected chi connectivity index (χ4v) is 2.28. The highest BCUT2D eigenvalue weighted by Gasteiger charge is 2.19. The number of nitrogens with one attached hydrogen (secondary N) is 1. The normalized spacial score (nSPS) is 12.4. The topological polar surface area (TPSA) is 50.7 Å². The van der Waals surface area contributed by atoms with Gasteiger partial charge in [0.15, 0.2) is 0 Å². The zero-order valence-electron chi connectivity index (χ0n) is 10.5. The second-order valence-electron chi connectivity index (χ2n) is 3.71. The van der Waals surface area contributed by atoms with Gasteiger partial charge in [-0.25, -0.2) is 0 Å². The van der Waals surface area contributed by atoms with Crippen LogP contribution in [0.4, 0.5) is 0 Å². The Labute approximate surface area is 110 Å². The minimum absolute atomic E-state index is 0.453. The number of hydrogen-bond donors (Lipinski definition) is 2. The van der Waals surface area contributed by atoms with Crippen LogP contribution < -0.4 is 14.8 Å². The number of benzene rings is 1. The number of likely N-dealkylation sites (N-methyl/N-ethyl adjacent to an activating group) is 1. The molecule has 0 fully saturated rings. The lowest BCUT2D eigenvalue weighted by Gasteiger charge is -2.19. The number of hydrogen-bond acceptors (Lipinski definition) is 4. The van der Waals surface area contributed by atoms with Crippen LogP contribution in [0.15, 0.2) is 10.5 Å². The first-order chi connectivity index (χ1) is 8.06. The first-order valence-corrected chi connectivity index (χ1v) is 6.09. The molecule has 0 bridgehead atoms. The molecule has 17 heavy (non-hydrogen) atoms. The molecule has 96 valence electrons. The van der Waals surface area contributed by atoms with Crippen molar-refractivity contribution >= 4 is 15.9 Å². The Bertz CT molecular complexity index is 396. The third-order valence-electron chi connectivity index (χ3n) is 2.63. The predicted octanol–water partition coefficient (Wildman–Crippen LogP) is 2.03. The summed E-state index contributed by atoms with van der Waals surface area (Å²) in [4.78, 5) is 0. The van der Waals surface area contributed by atoms with Crippen LogP contribution in [0, 0.1) is 6.92 Å². The average molecular weight is 304 g/mol. The summed E-state index contributed by atoms with van der Waals surface area (Å²) in [6.07, 6.45) is -0.638. The number of aliphatic hydroxyl groups is 1. The molecular formula is C12H18BrNO3. The largest absolute Gasteiger partial charge is 0.496 e. The number of ether oxygens (including phenoxy) is 2. The first kappa shape index (κ1) is 14.3. The van der Waals surface area contributed by atoms with E-state index < -0.39 is 6.10 Å². The van der Waals surface area contributed by atoms with Crippen molar-refractivity contribution in [3.8, 4) is 11.5 Å². The van der Waals surface area contributed by atoms with Crippen molar-refractivity contribution in [2.45, 2.75) is 13.0 Å². The van der Waals surface area contributed by atoms with Crippen LogP contribution in [0.25, 0.3) is 0 Å². The van der Waals surface area contributed by atoms with Crippen LogP contribution in [0.2, 0.25) is 0 Å². The fourth-order valence-electron chi connectivity index (χ4n) is 1.69. The molecule has 0 heterocycles. The van der Waals surface area contributed by atoms with E-state index in [0.29, 0.717) is 17.9 Å². The van der Waals surface area contributed by atoms with Crippen molar-refractivity contribution in [2.75, 3.05) is 27.8 Å². The Morgan fingerprint density at radius 2 is 2.06 bits per heavy atom. The minimum atomic E-state index is -0.638. The first-order valence-electron chi connectivity index (χ1n) is 5.30. The van der Waals surface area contributed by atoms with E-state index in [4.69, 9.17) is 9.47 Å². The summed E-state index contributed by atoms with van der Waals surface area (Å²) >= 11 is 3.47. The van der Waals surface area contributed by atoms with E-state index in [1.807, 2.05) is 6.92 Å².